The Hall–Kier alpha value is -1.37. The summed E-state index contributed by atoms with van der Waals surface area (Å²) in [6.45, 7) is 6.13. The van der Waals surface area contributed by atoms with E-state index in [0.717, 1.165) is 11.9 Å². The Morgan fingerprint density at radius 1 is 1.26 bits per heavy atom. The zero-order valence-electron chi connectivity index (χ0n) is 14.2. The van der Waals surface area contributed by atoms with Crippen LogP contribution in [0.15, 0.2) is 30.3 Å². The summed E-state index contributed by atoms with van der Waals surface area (Å²) < 4.78 is 17.3. The highest BCUT2D eigenvalue weighted by Gasteiger charge is 2.36. The van der Waals surface area contributed by atoms with Gasteiger partial charge in [0.25, 0.3) is 0 Å². The van der Waals surface area contributed by atoms with E-state index in [1.807, 2.05) is 51.1 Å². The van der Waals surface area contributed by atoms with Crippen molar-refractivity contribution >= 4 is 18.6 Å². The van der Waals surface area contributed by atoms with Crippen LogP contribution in [0.4, 0.5) is 0 Å². The number of hydrogen-bond acceptors (Lipinski definition) is 5. The van der Waals surface area contributed by atoms with Gasteiger partial charge in [0.05, 0.1) is 12.5 Å². The van der Waals surface area contributed by atoms with E-state index in [4.69, 9.17) is 19.8 Å². The van der Waals surface area contributed by atoms with Crippen molar-refractivity contribution in [2.45, 2.75) is 57.8 Å². The summed E-state index contributed by atoms with van der Waals surface area (Å²) in [5.41, 5.74) is 6.12. The van der Waals surface area contributed by atoms with Crippen molar-refractivity contribution in [2.75, 3.05) is 6.54 Å². The lowest BCUT2D eigenvalue weighted by molar-refractivity contribution is -0.157. The smallest absolute Gasteiger partial charge is 0.460 e. The van der Waals surface area contributed by atoms with Gasteiger partial charge in [-0.3, -0.25) is 4.79 Å². The van der Waals surface area contributed by atoms with E-state index in [-0.39, 0.29) is 24.6 Å². The lowest BCUT2D eigenvalue weighted by Gasteiger charge is -2.34. The minimum atomic E-state index is -0.488. The zero-order chi connectivity index (χ0) is 16.9. The number of nitrogens with two attached hydrogens (primary N) is 1. The molecule has 1 fully saturated rings. The minimum absolute atomic E-state index is 0.00797. The van der Waals surface area contributed by atoms with Gasteiger partial charge in [0, 0.05) is 6.10 Å². The molecule has 0 unspecified atom stereocenters. The van der Waals surface area contributed by atoms with E-state index in [9.17, 15) is 4.79 Å². The van der Waals surface area contributed by atoms with Crippen LogP contribution in [0.1, 0.15) is 40.0 Å². The fourth-order valence-corrected chi connectivity index (χ4v) is 2.63. The molecule has 0 radical (unpaired) electrons. The average Bonchev–Trinajstić information content (AvgIpc) is 2.46. The fourth-order valence-electron chi connectivity index (χ4n) is 2.63. The number of carbonyl (C=O) groups excluding carboxylic acids is 1. The molecule has 2 atom stereocenters. The zero-order valence-corrected chi connectivity index (χ0v) is 14.2. The molecular formula is C17H26BNO4. The van der Waals surface area contributed by atoms with Crippen LogP contribution in [0.2, 0.25) is 0 Å². The number of carbonyl (C=O) groups is 1. The Bertz CT molecular complexity index is 503. The molecule has 0 aliphatic carbocycles. The second-order valence-corrected chi connectivity index (χ2v) is 6.86. The van der Waals surface area contributed by atoms with Crippen molar-refractivity contribution in [1.29, 1.82) is 0 Å². The first-order valence-electron chi connectivity index (χ1n) is 8.15. The Balaban J connectivity index is 2.02. The molecule has 5 nitrogen and oxygen atoms in total. The van der Waals surface area contributed by atoms with E-state index in [0.29, 0.717) is 13.0 Å². The Labute approximate surface area is 138 Å². The lowest BCUT2D eigenvalue weighted by atomic mass is 9.76. The molecule has 1 aliphatic rings. The first kappa shape index (κ1) is 18.0. The van der Waals surface area contributed by atoms with E-state index in [1.54, 1.807) is 0 Å². The van der Waals surface area contributed by atoms with E-state index >= 15 is 0 Å². The predicted octanol–water partition coefficient (Wildman–Crippen LogP) is 1.64. The van der Waals surface area contributed by atoms with Crippen molar-refractivity contribution in [3.63, 3.8) is 0 Å². The molecule has 0 spiro atoms. The van der Waals surface area contributed by atoms with Crippen molar-refractivity contribution in [2.24, 2.45) is 5.73 Å². The van der Waals surface area contributed by atoms with Gasteiger partial charge in [-0.1, -0.05) is 30.3 Å². The summed E-state index contributed by atoms with van der Waals surface area (Å²) in [5, 5.41) is 0. The maximum atomic E-state index is 12.1. The highest BCUT2D eigenvalue weighted by atomic mass is 16.6. The Morgan fingerprint density at radius 2 is 1.91 bits per heavy atom. The molecule has 1 heterocycles. The standard InChI is InChI=1S/C17H26BNO4/c1-17(2,3)21-16(20)12-15-11-14(9-10-19)22-18(23-15)13-7-5-4-6-8-13/h4-8,14-15H,9-12,19H2,1-3H3/t14-,15+/m1/s1. The summed E-state index contributed by atoms with van der Waals surface area (Å²) in [4.78, 5) is 12.1. The molecule has 1 aromatic rings. The molecular weight excluding hydrogens is 293 g/mol. The van der Waals surface area contributed by atoms with Crippen LogP contribution in [-0.2, 0) is 18.8 Å². The number of ether oxygens (including phenoxy) is 1. The summed E-state index contributed by atoms with van der Waals surface area (Å²) >= 11 is 0. The van der Waals surface area contributed by atoms with Crippen molar-refractivity contribution in [3.8, 4) is 0 Å². The first-order chi connectivity index (χ1) is 10.9. The quantitative estimate of drug-likeness (QED) is 0.660. The minimum Gasteiger partial charge on any atom is -0.460 e. The summed E-state index contributed by atoms with van der Waals surface area (Å²) in [7, 11) is -0.464. The second kappa shape index (κ2) is 7.95. The van der Waals surface area contributed by atoms with E-state index in [2.05, 4.69) is 0 Å². The highest BCUT2D eigenvalue weighted by molar-refractivity contribution is 6.61. The van der Waals surface area contributed by atoms with Gasteiger partial charge in [-0.05, 0) is 45.6 Å². The van der Waals surface area contributed by atoms with Gasteiger partial charge in [-0.25, -0.2) is 0 Å². The second-order valence-electron chi connectivity index (χ2n) is 6.86. The van der Waals surface area contributed by atoms with E-state index < -0.39 is 12.7 Å². The molecule has 2 rings (SSSR count). The van der Waals surface area contributed by atoms with Gasteiger partial charge in [-0.15, -0.1) is 0 Å². The maximum Gasteiger partial charge on any atom is 0.494 e. The van der Waals surface area contributed by atoms with Crippen LogP contribution in [0.5, 0.6) is 0 Å². The monoisotopic (exact) mass is 319 g/mol. The summed E-state index contributed by atoms with van der Waals surface area (Å²) in [6, 6.07) is 9.75. The van der Waals surface area contributed by atoms with Crippen molar-refractivity contribution in [1.82, 2.24) is 0 Å². The summed E-state index contributed by atoms with van der Waals surface area (Å²) in [6.07, 6.45) is 1.40. The third-order valence-electron chi connectivity index (χ3n) is 3.53. The highest BCUT2D eigenvalue weighted by Crippen LogP contribution is 2.22. The van der Waals surface area contributed by atoms with Gasteiger partial charge < -0.3 is 19.8 Å². The first-order valence-corrected chi connectivity index (χ1v) is 8.15. The largest absolute Gasteiger partial charge is 0.494 e. The fraction of sp³-hybridized carbons (Fsp3) is 0.588. The SMILES string of the molecule is CC(C)(C)OC(=O)C[C@@H]1C[C@@H](CCN)OB(c2ccccc2)O1. The third-order valence-corrected chi connectivity index (χ3v) is 3.53. The van der Waals surface area contributed by atoms with Crippen molar-refractivity contribution in [3.05, 3.63) is 30.3 Å². The Morgan fingerprint density at radius 3 is 2.52 bits per heavy atom. The third kappa shape index (κ3) is 5.97. The van der Waals surface area contributed by atoms with Gasteiger partial charge in [0.15, 0.2) is 0 Å². The molecule has 0 saturated carbocycles. The average molecular weight is 319 g/mol. The van der Waals surface area contributed by atoms with Gasteiger partial charge >= 0.3 is 13.1 Å². The molecule has 2 N–H and O–H groups in total. The van der Waals surface area contributed by atoms with Crippen LogP contribution in [0, 0.1) is 0 Å². The summed E-state index contributed by atoms with van der Waals surface area (Å²) in [5.74, 6) is -0.247. The number of benzene rings is 1. The van der Waals surface area contributed by atoms with Gasteiger partial charge in [0.1, 0.15) is 5.60 Å². The van der Waals surface area contributed by atoms with Gasteiger partial charge in [-0.2, -0.15) is 0 Å². The molecule has 0 bridgehead atoms. The maximum absolute atomic E-state index is 12.1. The topological polar surface area (TPSA) is 70.8 Å². The normalized spacial score (nSPS) is 22.0. The van der Waals surface area contributed by atoms with Gasteiger partial charge in [0.2, 0.25) is 0 Å². The molecule has 0 amide bonds. The van der Waals surface area contributed by atoms with Crippen molar-refractivity contribution < 1.29 is 18.8 Å². The molecule has 1 aliphatic heterocycles. The molecule has 1 saturated heterocycles. The van der Waals surface area contributed by atoms with Crippen LogP contribution in [0.25, 0.3) is 0 Å². The number of esters is 1. The van der Waals surface area contributed by atoms with Crippen LogP contribution in [-0.4, -0.2) is 37.4 Å². The molecule has 23 heavy (non-hydrogen) atoms. The molecule has 6 heteroatoms. The molecule has 1 aromatic carbocycles. The Kier molecular flexibility index (Phi) is 6.21. The van der Waals surface area contributed by atoms with Crippen LogP contribution in [0.3, 0.4) is 0 Å². The van der Waals surface area contributed by atoms with Crippen LogP contribution < -0.4 is 11.2 Å². The van der Waals surface area contributed by atoms with Crippen LogP contribution >= 0.6 is 0 Å². The number of rotatable bonds is 5. The molecule has 126 valence electrons. The number of hydrogen-bond donors (Lipinski definition) is 1. The van der Waals surface area contributed by atoms with E-state index in [1.165, 1.54) is 0 Å². The lowest BCUT2D eigenvalue weighted by Crippen LogP contribution is -2.49. The molecule has 0 aromatic heterocycles. The predicted molar refractivity (Wildman–Crippen MR) is 90.3 cm³/mol.